The number of hydrogen-bond donors (Lipinski definition) is 0. The fraction of sp³-hybridized carbons (Fsp3) is 0.100. The molecule has 0 atom stereocenters. The van der Waals surface area contributed by atoms with Gasteiger partial charge in [0.15, 0.2) is 5.82 Å². The van der Waals surface area contributed by atoms with Gasteiger partial charge in [0.2, 0.25) is 0 Å². The van der Waals surface area contributed by atoms with Gasteiger partial charge in [-0.05, 0) is 23.8 Å². The van der Waals surface area contributed by atoms with Crippen molar-refractivity contribution in [2.24, 2.45) is 7.05 Å². The van der Waals surface area contributed by atoms with E-state index in [-0.39, 0.29) is 0 Å². The molecule has 0 radical (unpaired) electrons. The third-order valence-corrected chi connectivity index (χ3v) is 3.94. The van der Waals surface area contributed by atoms with Crippen molar-refractivity contribution in [3.8, 4) is 11.3 Å². The van der Waals surface area contributed by atoms with Crippen LogP contribution in [0.5, 0.6) is 0 Å². The Hall–Kier alpha value is -3.54. The lowest BCUT2D eigenvalue weighted by Gasteiger charge is -2.00. The van der Waals surface area contributed by atoms with Crippen molar-refractivity contribution in [3.05, 3.63) is 84.3 Å². The zero-order chi connectivity index (χ0) is 17.8. The Morgan fingerprint density at radius 2 is 1.85 bits per heavy atom. The predicted molar refractivity (Wildman–Crippen MR) is 101 cm³/mol. The Balaban J connectivity index is 1.48. The Labute approximate surface area is 151 Å². The topological polar surface area (TPSA) is 61.4 Å². The van der Waals surface area contributed by atoms with E-state index >= 15 is 0 Å². The first-order valence-corrected chi connectivity index (χ1v) is 8.33. The van der Waals surface area contributed by atoms with Crippen LogP contribution in [0.3, 0.4) is 0 Å². The van der Waals surface area contributed by atoms with E-state index in [1.54, 1.807) is 17.1 Å². The van der Waals surface area contributed by atoms with Gasteiger partial charge in [0.25, 0.3) is 0 Å². The number of hydrogen-bond acceptors (Lipinski definition) is 4. The lowest BCUT2D eigenvalue weighted by Crippen LogP contribution is -1.99. The van der Waals surface area contributed by atoms with E-state index in [1.165, 1.54) is 5.56 Å². The SMILES string of the molecule is Cn1cc(-c2ccnc(C=Cc3cnn(Cc4ccccc4)c3)n2)cn1. The largest absolute Gasteiger partial charge is 0.275 e. The second kappa shape index (κ2) is 7.14. The number of aromatic nitrogens is 6. The van der Waals surface area contributed by atoms with Gasteiger partial charge in [-0.3, -0.25) is 9.36 Å². The van der Waals surface area contributed by atoms with Crippen molar-refractivity contribution in [2.75, 3.05) is 0 Å². The van der Waals surface area contributed by atoms with E-state index in [0.29, 0.717) is 5.82 Å². The summed E-state index contributed by atoms with van der Waals surface area (Å²) in [5.74, 6) is 0.655. The predicted octanol–water partition coefficient (Wildman–Crippen LogP) is 3.29. The number of benzene rings is 1. The maximum absolute atomic E-state index is 4.57. The van der Waals surface area contributed by atoms with Crippen LogP contribution in [0.2, 0.25) is 0 Å². The van der Waals surface area contributed by atoms with E-state index in [1.807, 2.05) is 66.7 Å². The van der Waals surface area contributed by atoms with Gasteiger partial charge in [-0.25, -0.2) is 9.97 Å². The molecule has 0 saturated heterocycles. The van der Waals surface area contributed by atoms with Crippen molar-refractivity contribution in [2.45, 2.75) is 6.54 Å². The van der Waals surface area contributed by atoms with Crippen LogP contribution in [0.1, 0.15) is 17.0 Å². The van der Waals surface area contributed by atoms with Gasteiger partial charge < -0.3 is 0 Å². The van der Waals surface area contributed by atoms with Gasteiger partial charge in [0.05, 0.1) is 24.6 Å². The summed E-state index contributed by atoms with van der Waals surface area (Å²) in [6.45, 7) is 0.752. The van der Waals surface area contributed by atoms with Crippen LogP contribution in [-0.2, 0) is 13.6 Å². The molecule has 4 aromatic rings. The first kappa shape index (κ1) is 16.0. The van der Waals surface area contributed by atoms with E-state index < -0.39 is 0 Å². The van der Waals surface area contributed by atoms with Gasteiger partial charge in [0, 0.05) is 36.8 Å². The molecule has 0 bridgehead atoms. The zero-order valence-corrected chi connectivity index (χ0v) is 14.4. The summed E-state index contributed by atoms with van der Waals surface area (Å²) in [5.41, 5.74) is 4.06. The molecule has 0 amide bonds. The quantitative estimate of drug-likeness (QED) is 0.558. The van der Waals surface area contributed by atoms with Crippen molar-refractivity contribution in [3.63, 3.8) is 0 Å². The monoisotopic (exact) mass is 342 g/mol. The molecule has 6 nitrogen and oxygen atoms in total. The van der Waals surface area contributed by atoms with Gasteiger partial charge >= 0.3 is 0 Å². The molecule has 4 rings (SSSR count). The van der Waals surface area contributed by atoms with E-state index in [0.717, 1.165) is 23.4 Å². The molecule has 0 aliphatic carbocycles. The average molecular weight is 342 g/mol. The molecule has 0 aliphatic rings. The minimum Gasteiger partial charge on any atom is -0.275 e. The Morgan fingerprint density at radius 1 is 0.962 bits per heavy atom. The first-order valence-electron chi connectivity index (χ1n) is 8.33. The Morgan fingerprint density at radius 3 is 2.65 bits per heavy atom. The molecule has 0 fully saturated rings. The summed E-state index contributed by atoms with van der Waals surface area (Å²) in [6.07, 6.45) is 13.2. The number of nitrogens with zero attached hydrogens (tertiary/aromatic N) is 6. The minimum absolute atomic E-state index is 0.655. The van der Waals surface area contributed by atoms with E-state index in [4.69, 9.17) is 0 Å². The molecule has 128 valence electrons. The molecule has 0 N–H and O–H groups in total. The molecule has 26 heavy (non-hydrogen) atoms. The summed E-state index contributed by atoms with van der Waals surface area (Å²) in [7, 11) is 1.89. The molecule has 0 aliphatic heterocycles. The molecule has 0 spiro atoms. The van der Waals surface area contributed by atoms with E-state index in [2.05, 4.69) is 32.3 Å². The van der Waals surface area contributed by atoms with Crippen molar-refractivity contribution >= 4 is 12.2 Å². The highest BCUT2D eigenvalue weighted by Crippen LogP contribution is 2.15. The fourth-order valence-electron chi connectivity index (χ4n) is 2.66. The van der Waals surface area contributed by atoms with E-state index in [9.17, 15) is 0 Å². The summed E-state index contributed by atoms with van der Waals surface area (Å²) in [5, 5.41) is 8.59. The molecule has 6 heteroatoms. The van der Waals surface area contributed by atoms with Gasteiger partial charge in [-0.15, -0.1) is 0 Å². The summed E-state index contributed by atoms with van der Waals surface area (Å²) in [4.78, 5) is 8.88. The van der Waals surface area contributed by atoms with Gasteiger partial charge in [0.1, 0.15) is 0 Å². The molecule has 3 aromatic heterocycles. The molecule has 3 heterocycles. The lowest BCUT2D eigenvalue weighted by atomic mass is 10.2. The minimum atomic E-state index is 0.655. The molecule has 1 aromatic carbocycles. The zero-order valence-electron chi connectivity index (χ0n) is 14.4. The third kappa shape index (κ3) is 3.75. The number of aryl methyl sites for hydroxylation is 1. The highest BCUT2D eigenvalue weighted by atomic mass is 15.3. The maximum Gasteiger partial charge on any atom is 0.152 e. The fourth-order valence-corrected chi connectivity index (χ4v) is 2.66. The summed E-state index contributed by atoms with van der Waals surface area (Å²) >= 11 is 0. The first-order chi connectivity index (χ1) is 12.8. The Bertz CT molecular complexity index is 1030. The summed E-state index contributed by atoms with van der Waals surface area (Å²) in [6, 6.07) is 12.1. The standard InChI is InChI=1S/C20H18N6/c1-25-15-18(12-22-25)19-9-10-21-20(24-19)8-7-17-11-23-26(14-17)13-16-5-3-2-4-6-16/h2-12,14-15H,13H2,1H3. The van der Waals surface area contributed by atoms with Crippen LogP contribution in [0.15, 0.2) is 67.4 Å². The molecule has 0 unspecified atom stereocenters. The van der Waals surface area contributed by atoms with Crippen LogP contribution >= 0.6 is 0 Å². The smallest absolute Gasteiger partial charge is 0.152 e. The van der Waals surface area contributed by atoms with Crippen molar-refractivity contribution in [1.29, 1.82) is 0 Å². The van der Waals surface area contributed by atoms with Gasteiger partial charge in [-0.2, -0.15) is 10.2 Å². The molecular formula is C20H18N6. The van der Waals surface area contributed by atoms with Crippen molar-refractivity contribution < 1.29 is 0 Å². The lowest BCUT2D eigenvalue weighted by molar-refractivity contribution is 0.687. The Kier molecular flexibility index (Phi) is 4.38. The van der Waals surface area contributed by atoms with Crippen LogP contribution in [0.25, 0.3) is 23.4 Å². The molecule has 0 saturated carbocycles. The van der Waals surface area contributed by atoms with Crippen LogP contribution < -0.4 is 0 Å². The second-order valence-electron chi connectivity index (χ2n) is 5.99. The number of rotatable bonds is 5. The van der Waals surface area contributed by atoms with Crippen molar-refractivity contribution in [1.82, 2.24) is 29.5 Å². The normalized spacial score (nSPS) is 11.3. The average Bonchev–Trinajstić information content (AvgIpc) is 3.30. The highest BCUT2D eigenvalue weighted by Gasteiger charge is 2.03. The van der Waals surface area contributed by atoms with Gasteiger partial charge in [-0.1, -0.05) is 30.3 Å². The second-order valence-corrected chi connectivity index (χ2v) is 5.99. The highest BCUT2D eigenvalue weighted by molar-refractivity contribution is 5.67. The van der Waals surface area contributed by atoms with Crippen LogP contribution in [0.4, 0.5) is 0 Å². The van der Waals surface area contributed by atoms with Crippen LogP contribution in [0, 0.1) is 0 Å². The third-order valence-electron chi connectivity index (χ3n) is 3.94. The van der Waals surface area contributed by atoms with Crippen LogP contribution in [-0.4, -0.2) is 29.5 Å². The summed E-state index contributed by atoms with van der Waals surface area (Å²) < 4.78 is 3.68. The molecular weight excluding hydrogens is 324 g/mol. The maximum atomic E-state index is 4.57.